The van der Waals surface area contributed by atoms with Crippen molar-refractivity contribution in [1.82, 2.24) is 9.97 Å². The van der Waals surface area contributed by atoms with Crippen LogP contribution in [-0.2, 0) is 10.5 Å². The molecule has 2 aromatic carbocycles. The molecule has 0 unspecified atom stereocenters. The number of rotatable bonds is 7. The third-order valence-corrected chi connectivity index (χ3v) is 7.84. The summed E-state index contributed by atoms with van der Waals surface area (Å²) in [6.45, 7) is 6.03. The van der Waals surface area contributed by atoms with E-state index >= 15 is 0 Å². The number of hydrogen-bond acceptors (Lipinski definition) is 6. The highest BCUT2D eigenvalue weighted by Gasteiger charge is 2.37. The summed E-state index contributed by atoms with van der Waals surface area (Å²) in [5.74, 6) is 0.131. The number of halogens is 1. The number of Topliss-reactive ketones (excluding diaryl/α,β-unsaturated/α-hetero) is 1. The number of ketones is 1. The van der Waals surface area contributed by atoms with Gasteiger partial charge in [0.05, 0.1) is 5.56 Å². The number of thioether (sulfide) groups is 1. The molecule has 1 aromatic heterocycles. The summed E-state index contributed by atoms with van der Waals surface area (Å²) in [7, 11) is 0. The molecule has 0 spiro atoms. The zero-order chi connectivity index (χ0) is 25.2. The molecule has 1 aliphatic heterocycles. The fourth-order valence-corrected chi connectivity index (χ4v) is 5.92. The number of H-pyrrole nitrogens is 1. The van der Waals surface area contributed by atoms with Crippen LogP contribution < -0.4 is 15.8 Å². The molecule has 0 saturated carbocycles. The number of aromatic nitrogens is 2. The van der Waals surface area contributed by atoms with E-state index in [0.29, 0.717) is 39.8 Å². The van der Waals surface area contributed by atoms with Crippen LogP contribution in [0.5, 0.6) is 0 Å². The highest BCUT2D eigenvalue weighted by Crippen LogP contribution is 2.43. The minimum absolute atomic E-state index is 0.0737. The molecule has 5 rings (SSSR count). The molecule has 1 aliphatic carbocycles. The zero-order valence-corrected chi connectivity index (χ0v) is 21.3. The van der Waals surface area contributed by atoms with Crippen molar-refractivity contribution < 1.29 is 9.18 Å². The molecular formula is C28H29FN4O2S. The van der Waals surface area contributed by atoms with Crippen LogP contribution >= 0.6 is 11.8 Å². The van der Waals surface area contributed by atoms with Crippen LogP contribution in [-0.4, -0.2) is 28.8 Å². The molecule has 0 amide bonds. The van der Waals surface area contributed by atoms with Crippen LogP contribution in [0.2, 0.25) is 0 Å². The van der Waals surface area contributed by atoms with Gasteiger partial charge in [-0.05, 0) is 56.0 Å². The number of nitrogens with one attached hydrogen (secondary N) is 2. The topological polar surface area (TPSA) is 78.1 Å². The molecule has 2 heterocycles. The summed E-state index contributed by atoms with van der Waals surface area (Å²) in [6.07, 6.45) is 1.98. The number of fused-ring (bicyclic) bond motifs is 1. The lowest BCUT2D eigenvalue weighted by molar-refractivity contribution is -0.116. The number of allylic oxidation sites excluding steroid dienone is 2. The van der Waals surface area contributed by atoms with Gasteiger partial charge in [0.15, 0.2) is 10.9 Å². The van der Waals surface area contributed by atoms with E-state index in [-0.39, 0.29) is 17.2 Å². The molecule has 6 nitrogen and oxygen atoms in total. The first-order valence-corrected chi connectivity index (χ1v) is 13.4. The Kier molecular flexibility index (Phi) is 6.96. The van der Waals surface area contributed by atoms with Crippen molar-refractivity contribution >= 4 is 29.1 Å². The van der Waals surface area contributed by atoms with Gasteiger partial charge in [0.25, 0.3) is 5.56 Å². The average molecular weight is 505 g/mol. The maximum atomic E-state index is 14.1. The van der Waals surface area contributed by atoms with Crippen molar-refractivity contribution in [2.75, 3.05) is 23.3 Å². The lowest BCUT2D eigenvalue weighted by atomic mass is 9.76. The number of aromatic amines is 1. The number of nitrogens with zero attached hydrogens (tertiary/aromatic N) is 2. The monoisotopic (exact) mass is 504 g/mol. The van der Waals surface area contributed by atoms with E-state index in [2.05, 4.69) is 41.2 Å². The van der Waals surface area contributed by atoms with E-state index in [1.54, 1.807) is 18.2 Å². The smallest absolute Gasteiger partial charge is 0.257 e. The van der Waals surface area contributed by atoms with E-state index in [1.807, 2.05) is 12.1 Å². The molecule has 8 heteroatoms. The van der Waals surface area contributed by atoms with Gasteiger partial charge in [-0.15, -0.1) is 0 Å². The van der Waals surface area contributed by atoms with Gasteiger partial charge in [0.1, 0.15) is 11.6 Å². The van der Waals surface area contributed by atoms with E-state index in [1.165, 1.54) is 17.8 Å². The molecule has 1 atom stereocenters. The summed E-state index contributed by atoms with van der Waals surface area (Å²) in [5.41, 5.74) is 4.23. The summed E-state index contributed by atoms with van der Waals surface area (Å²) in [4.78, 5) is 36.3. The fraction of sp³-hybridized carbons (Fsp3) is 0.321. The minimum Gasteiger partial charge on any atom is -0.372 e. The van der Waals surface area contributed by atoms with Gasteiger partial charge in [0, 0.05) is 48.1 Å². The Morgan fingerprint density at radius 1 is 1.06 bits per heavy atom. The Morgan fingerprint density at radius 3 is 2.53 bits per heavy atom. The first kappa shape index (κ1) is 24.3. The number of hydrogen-bond donors (Lipinski definition) is 2. The van der Waals surface area contributed by atoms with E-state index in [0.717, 1.165) is 42.9 Å². The largest absolute Gasteiger partial charge is 0.372 e. The summed E-state index contributed by atoms with van der Waals surface area (Å²) < 4.78 is 14.1. The lowest BCUT2D eigenvalue weighted by Crippen LogP contribution is -2.32. The van der Waals surface area contributed by atoms with Gasteiger partial charge < -0.3 is 15.2 Å². The lowest BCUT2D eigenvalue weighted by Gasteiger charge is -2.33. The van der Waals surface area contributed by atoms with Crippen LogP contribution in [0.25, 0.3) is 0 Å². The number of anilines is 2. The third kappa shape index (κ3) is 4.57. The second-order valence-electron chi connectivity index (χ2n) is 9.00. The number of benzene rings is 2. The van der Waals surface area contributed by atoms with E-state index < -0.39 is 5.92 Å². The first-order valence-electron chi connectivity index (χ1n) is 12.4. The van der Waals surface area contributed by atoms with E-state index in [4.69, 9.17) is 4.98 Å². The van der Waals surface area contributed by atoms with Crippen molar-refractivity contribution in [2.24, 2.45) is 0 Å². The number of carbonyl (C=O) groups is 1. The Bertz CT molecular complexity index is 1380. The van der Waals surface area contributed by atoms with Crippen molar-refractivity contribution in [3.8, 4) is 0 Å². The second-order valence-corrected chi connectivity index (χ2v) is 9.97. The van der Waals surface area contributed by atoms with Gasteiger partial charge in [-0.2, -0.15) is 0 Å². The molecular weight excluding hydrogens is 475 g/mol. The Hall–Kier alpha value is -3.39. The maximum absolute atomic E-state index is 14.1. The van der Waals surface area contributed by atoms with Crippen molar-refractivity contribution in [3.63, 3.8) is 0 Å². The Labute approximate surface area is 214 Å². The van der Waals surface area contributed by atoms with Crippen molar-refractivity contribution in [3.05, 3.63) is 92.7 Å². The predicted molar refractivity (Wildman–Crippen MR) is 142 cm³/mol. The third-order valence-electron chi connectivity index (χ3n) is 6.91. The standard InChI is InChI=1S/C28H29FN4O2S/c1-3-33(4-2)19-14-12-17(13-15-19)23-24-21(10-7-11-22(24)34)30-26-25(23)27(35)32-28(31-26)36-16-18-8-5-6-9-20(18)29/h5-6,8-9,12-15,23H,3-4,7,10-11,16H2,1-2H3,(H2,30,31,32,35)/t23-/m0/s1. The van der Waals surface area contributed by atoms with Gasteiger partial charge in [-0.3, -0.25) is 9.59 Å². The van der Waals surface area contributed by atoms with Crippen LogP contribution in [0, 0.1) is 5.82 Å². The normalized spacial score (nSPS) is 16.9. The molecule has 186 valence electrons. The van der Waals surface area contributed by atoms with Gasteiger partial charge in [-0.1, -0.05) is 42.1 Å². The molecule has 2 N–H and O–H groups in total. The molecule has 0 saturated heterocycles. The van der Waals surface area contributed by atoms with Gasteiger partial charge >= 0.3 is 0 Å². The maximum Gasteiger partial charge on any atom is 0.257 e. The Balaban J connectivity index is 1.54. The molecule has 0 fully saturated rings. The summed E-state index contributed by atoms with van der Waals surface area (Å²) in [5, 5.41) is 3.71. The first-order chi connectivity index (χ1) is 17.5. The van der Waals surface area contributed by atoms with Crippen LogP contribution in [0.3, 0.4) is 0 Å². The molecule has 36 heavy (non-hydrogen) atoms. The summed E-state index contributed by atoms with van der Waals surface area (Å²) in [6, 6.07) is 14.7. The van der Waals surface area contributed by atoms with Crippen molar-refractivity contribution in [2.45, 2.75) is 49.9 Å². The van der Waals surface area contributed by atoms with Crippen LogP contribution in [0.1, 0.15) is 55.7 Å². The van der Waals surface area contributed by atoms with Crippen LogP contribution in [0.4, 0.5) is 15.9 Å². The van der Waals surface area contributed by atoms with E-state index in [9.17, 15) is 14.0 Å². The fourth-order valence-electron chi connectivity index (χ4n) is 5.07. The Morgan fingerprint density at radius 2 is 1.81 bits per heavy atom. The summed E-state index contributed by atoms with van der Waals surface area (Å²) >= 11 is 1.28. The molecule has 2 aliphatic rings. The highest BCUT2D eigenvalue weighted by atomic mass is 32.2. The van der Waals surface area contributed by atoms with Gasteiger partial charge in [0.2, 0.25) is 0 Å². The molecule has 0 bridgehead atoms. The van der Waals surface area contributed by atoms with Crippen LogP contribution in [0.15, 0.2) is 69.8 Å². The average Bonchev–Trinajstić information content (AvgIpc) is 2.88. The molecule has 0 radical (unpaired) electrons. The zero-order valence-electron chi connectivity index (χ0n) is 20.4. The quantitative estimate of drug-likeness (QED) is 0.322. The number of carbonyl (C=O) groups excluding carboxylic acids is 1. The van der Waals surface area contributed by atoms with Crippen molar-refractivity contribution in [1.29, 1.82) is 0 Å². The SMILES string of the molecule is CCN(CC)c1ccc([C@H]2C3=C(CCCC3=O)Nc3nc(SCc4ccccc4F)[nH]c(=O)c32)cc1. The predicted octanol–water partition coefficient (Wildman–Crippen LogP) is 5.61. The molecule has 3 aromatic rings. The van der Waals surface area contributed by atoms with Gasteiger partial charge in [-0.25, -0.2) is 9.37 Å². The second kappa shape index (κ2) is 10.3. The highest BCUT2D eigenvalue weighted by molar-refractivity contribution is 7.98. The minimum atomic E-state index is -0.475.